The molecule has 322 valence electrons. The minimum absolute atomic E-state index is 0.00643. The van der Waals surface area contributed by atoms with Gasteiger partial charge in [-0.25, -0.2) is 9.59 Å². The van der Waals surface area contributed by atoms with Gasteiger partial charge in [0.15, 0.2) is 5.78 Å². The van der Waals surface area contributed by atoms with Crippen LogP contribution < -0.4 is 16.0 Å². The van der Waals surface area contributed by atoms with E-state index in [2.05, 4.69) is 16.0 Å². The minimum Gasteiger partial charge on any atom is -0.458 e. The molecule has 3 N–H and O–H groups in total. The second kappa shape index (κ2) is 32.9. The highest BCUT2D eigenvalue weighted by Gasteiger charge is 2.26. The number of amides is 3. The Hall–Kier alpha value is -5.18. The number of ketones is 1. The second-order valence-corrected chi connectivity index (χ2v) is 14.3. The molecule has 0 heterocycles. The van der Waals surface area contributed by atoms with Gasteiger partial charge in [0.05, 0.1) is 19.8 Å². The summed E-state index contributed by atoms with van der Waals surface area (Å²) in [6, 6.07) is -1.04. The lowest BCUT2D eigenvalue weighted by molar-refractivity contribution is -0.158. The van der Waals surface area contributed by atoms with E-state index in [4.69, 9.17) is 23.7 Å². The number of hydrogen-bond acceptors (Lipinski definition) is 11. The molecule has 0 spiro atoms. The number of rotatable bonds is 29. The van der Waals surface area contributed by atoms with Crippen molar-refractivity contribution in [3.63, 3.8) is 0 Å². The summed E-state index contributed by atoms with van der Waals surface area (Å²) in [7, 11) is 0. The first-order valence-corrected chi connectivity index (χ1v) is 19.4. The number of allylic oxidation sites excluding steroid dienone is 14. The zero-order valence-corrected chi connectivity index (χ0v) is 35.3. The van der Waals surface area contributed by atoms with Crippen molar-refractivity contribution in [2.45, 2.75) is 91.4 Å². The maximum Gasteiger partial charge on any atom is 0.331 e. The molecular weight excluding hydrogens is 746 g/mol. The van der Waals surface area contributed by atoms with Crippen molar-refractivity contribution in [2.75, 3.05) is 52.7 Å². The van der Waals surface area contributed by atoms with Gasteiger partial charge in [0.25, 0.3) is 0 Å². The molecule has 0 aromatic rings. The number of esters is 2. The lowest BCUT2D eigenvalue weighted by Crippen LogP contribution is -2.44. The fraction of sp³-hybridized carbons (Fsp3) is 0.500. The topological polar surface area (TPSA) is 185 Å². The monoisotopic (exact) mass is 811 g/mol. The summed E-state index contributed by atoms with van der Waals surface area (Å²) in [4.78, 5) is 72.8. The van der Waals surface area contributed by atoms with Crippen LogP contribution in [0.25, 0.3) is 0 Å². The molecule has 0 unspecified atom stereocenters. The summed E-state index contributed by atoms with van der Waals surface area (Å²) in [5, 5.41) is 8.00. The fourth-order valence-electron chi connectivity index (χ4n) is 4.09. The predicted octanol–water partition coefficient (Wildman–Crippen LogP) is 5.04. The van der Waals surface area contributed by atoms with Crippen LogP contribution in [0.15, 0.2) is 97.2 Å². The van der Waals surface area contributed by atoms with Crippen LogP contribution >= 0.6 is 0 Å². The lowest BCUT2D eigenvalue weighted by atomic mass is 10.1. The van der Waals surface area contributed by atoms with Gasteiger partial charge in [-0.3, -0.25) is 19.2 Å². The van der Waals surface area contributed by atoms with Gasteiger partial charge in [-0.05, 0) is 61.3 Å². The van der Waals surface area contributed by atoms with E-state index in [9.17, 15) is 28.8 Å². The molecule has 1 atom stereocenters. The molecule has 0 fully saturated rings. The van der Waals surface area contributed by atoms with Crippen LogP contribution in [0.1, 0.15) is 74.1 Å². The SMILES string of the molecule is CCOCC(=O)CCCNC(=O)COCCOCCNC(=O)CC[C@H](NC(=O)\C=C/C=C/C=C/C=C/C=C/C=C/C=C/C=C\C(=O)OC(C)(C)C)C(=O)OC(C)(C)C. The number of hydrogen-bond donors (Lipinski definition) is 3. The Kier molecular flexibility index (Phi) is 29.9. The molecule has 0 aromatic carbocycles. The first kappa shape index (κ1) is 52.8. The van der Waals surface area contributed by atoms with Crippen LogP contribution in [0, 0.1) is 0 Å². The van der Waals surface area contributed by atoms with Gasteiger partial charge in [-0.2, -0.15) is 0 Å². The highest BCUT2D eigenvalue weighted by atomic mass is 16.6. The number of nitrogens with one attached hydrogen (secondary N) is 3. The molecule has 0 saturated heterocycles. The molecule has 0 rings (SSSR count). The van der Waals surface area contributed by atoms with Crippen molar-refractivity contribution in [1.29, 1.82) is 0 Å². The van der Waals surface area contributed by atoms with Crippen molar-refractivity contribution in [3.05, 3.63) is 97.2 Å². The van der Waals surface area contributed by atoms with E-state index in [0.29, 0.717) is 26.0 Å². The van der Waals surface area contributed by atoms with E-state index in [-0.39, 0.29) is 70.0 Å². The zero-order chi connectivity index (χ0) is 43.5. The minimum atomic E-state index is -1.04. The number of Topliss-reactive ketones (excluding diaryl/α,β-unsaturated/α-hetero) is 1. The Balaban J connectivity index is 4.48. The van der Waals surface area contributed by atoms with E-state index in [0.717, 1.165) is 0 Å². The Morgan fingerprint density at radius 2 is 1.07 bits per heavy atom. The third kappa shape index (κ3) is 36.5. The molecule has 0 aliphatic heterocycles. The van der Waals surface area contributed by atoms with E-state index in [1.54, 1.807) is 57.2 Å². The maximum atomic E-state index is 12.8. The van der Waals surface area contributed by atoms with E-state index in [1.165, 1.54) is 18.2 Å². The van der Waals surface area contributed by atoms with Gasteiger partial charge in [0.1, 0.15) is 30.5 Å². The zero-order valence-electron chi connectivity index (χ0n) is 35.3. The summed E-state index contributed by atoms with van der Waals surface area (Å²) in [6.07, 6.45) is 28.2. The van der Waals surface area contributed by atoms with Gasteiger partial charge in [0.2, 0.25) is 17.7 Å². The molecule has 58 heavy (non-hydrogen) atoms. The van der Waals surface area contributed by atoms with Crippen LogP contribution in [0.4, 0.5) is 0 Å². The van der Waals surface area contributed by atoms with Crippen LogP contribution in [0.3, 0.4) is 0 Å². The van der Waals surface area contributed by atoms with Crippen LogP contribution in [-0.2, 0) is 52.5 Å². The van der Waals surface area contributed by atoms with Crippen molar-refractivity contribution in [3.8, 4) is 0 Å². The quantitative estimate of drug-likeness (QED) is 0.0398. The van der Waals surface area contributed by atoms with Crippen molar-refractivity contribution in [2.24, 2.45) is 0 Å². The average molecular weight is 812 g/mol. The van der Waals surface area contributed by atoms with E-state index >= 15 is 0 Å². The maximum absolute atomic E-state index is 12.8. The average Bonchev–Trinajstić information content (AvgIpc) is 3.13. The molecule has 14 heteroatoms. The number of carbonyl (C=O) groups is 6. The van der Waals surface area contributed by atoms with Crippen LogP contribution in [0.2, 0.25) is 0 Å². The van der Waals surface area contributed by atoms with Gasteiger partial charge < -0.3 is 39.6 Å². The van der Waals surface area contributed by atoms with Gasteiger partial charge in [0, 0.05) is 44.7 Å². The standard InChI is InChI=1S/C44H65N3O11/c1-8-54-34-36(48)24-23-29-45-40(51)35-56-33-32-55-31-30-46-38(49)28-27-37(42(53)58-44(5,6)7)47-39(50)25-21-19-17-15-13-11-9-10-12-14-16-18-20-22-26-41(52)57-43(2,3)4/h9-22,25-26,37H,8,23-24,27-35H2,1-7H3,(H,45,51)(H,46,49)(H,47,50)/b11-9+,12-10+,15-13+,16-14+,19-17+,20-18+,25-21-,26-22-/t37-/m0/s1. The molecule has 14 nitrogen and oxygen atoms in total. The van der Waals surface area contributed by atoms with Gasteiger partial charge in [-0.1, -0.05) is 85.1 Å². The number of ether oxygens (including phenoxy) is 5. The molecule has 0 saturated carbocycles. The molecule has 3 amide bonds. The first-order valence-electron chi connectivity index (χ1n) is 19.4. The van der Waals surface area contributed by atoms with Crippen molar-refractivity contribution in [1.82, 2.24) is 16.0 Å². The lowest BCUT2D eigenvalue weighted by Gasteiger charge is -2.24. The van der Waals surface area contributed by atoms with Crippen molar-refractivity contribution < 1.29 is 52.5 Å². The van der Waals surface area contributed by atoms with Crippen LogP contribution in [0.5, 0.6) is 0 Å². The summed E-state index contributed by atoms with van der Waals surface area (Å²) in [5.41, 5.74) is -1.31. The molecule has 0 radical (unpaired) electrons. The normalized spacial score (nSPS) is 13.2. The highest BCUT2D eigenvalue weighted by Crippen LogP contribution is 2.11. The van der Waals surface area contributed by atoms with Crippen molar-refractivity contribution >= 4 is 35.4 Å². The third-order valence-corrected chi connectivity index (χ3v) is 6.59. The fourth-order valence-corrected chi connectivity index (χ4v) is 4.09. The summed E-state index contributed by atoms with van der Waals surface area (Å²) in [5.74, 6) is -2.19. The third-order valence-electron chi connectivity index (χ3n) is 6.59. The summed E-state index contributed by atoms with van der Waals surface area (Å²) in [6.45, 7) is 14.0. The molecule has 0 aromatic heterocycles. The second-order valence-electron chi connectivity index (χ2n) is 14.3. The van der Waals surface area contributed by atoms with Crippen LogP contribution in [-0.4, -0.2) is 105 Å². The Morgan fingerprint density at radius 3 is 1.62 bits per heavy atom. The Labute approximate surface area is 344 Å². The summed E-state index contributed by atoms with van der Waals surface area (Å²) < 4.78 is 26.4. The predicted molar refractivity (Wildman–Crippen MR) is 224 cm³/mol. The van der Waals surface area contributed by atoms with Gasteiger partial charge in [-0.15, -0.1) is 0 Å². The Bertz CT molecular complexity index is 1490. The van der Waals surface area contributed by atoms with E-state index in [1.807, 2.05) is 70.2 Å². The highest BCUT2D eigenvalue weighted by molar-refractivity contribution is 5.92. The largest absolute Gasteiger partial charge is 0.458 e. The molecule has 0 bridgehead atoms. The first-order chi connectivity index (χ1) is 27.5. The Morgan fingerprint density at radius 1 is 0.552 bits per heavy atom. The smallest absolute Gasteiger partial charge is 0.331 e. The molecule has 0 aliphatic carbocycles. The number of carbonyl (C=O) groups excluding carboxylic acids is 6. The summed E-state index contributed by atoms with van der Waals surface area (Å²) >= 11 is 0. The molecule has 0 aliphatic rings. The van der Waals surface area contributed by atoms with Gasteiger partial charge >= 0.3 is 11.9 Å². The van der Waals surface area contributed by atoms with E-state index < -0.39 is 35.1 Å². The molecular formula is C44H65N3O11.